The van der Waals surface area contributed by atoms with E-state index in [0.717, 1.165) is 4.57 Å². The number of non-ortho nitro benzene ring substituents is 1. The standard InChI is InChI=1S/C14H11N5O4/c1-8-11(7-15)13(20)18(2)14(21)12(8)17-16-9-3-5-10(6-4-9)19(22)23/h3-6,20H,1-2H3. The predicted molar refractivity (Wildman–Crippen MR) is 80.1 cm³/mol. The van der Waals surface area contributed by atoms with E-state index in [1.54, 1.807) is 6.07 Å². The molecule has 0 amide bonds. The van der Waals surface area contributed by atoms with E-state index in [1.807, 2.05) is 0 Å². The van der Waals surface area contributed by atoms with E-state index < -0.39 is 16.4 Å². The molecule has 1 N–H and O–H groups in total. The normalized spacial score (nSPS) is 10.7. The third-order valence-electron chi connectivity index (χ3n) is 3.22. The Bertz CT molecular complexity index is 907. The Balaban J connectivity index is 2.48. The van der Waals surface area contributed by atoms with Crippen molar-refractivity contribution in [3.63, 3.8) is 0 Å². The number of rotatable bonds is 3. The van der Waals surface area contributed by atoms with Crippen LogP contribution in [-0.4, -0.2) is 14.6 Å². The summed E-state index contributed by atoms with van der Waals surface area (Å²) in [5.41, 5.74) is -0.329. The van der Waals surface area contributed by atoms with Crippen molar-refractivity contribution in [1.29, 1.82) is 5.26 Å². The van der Waals surface area contributed by atoms with E-state index in [4.69, 9.17) is 5.26 Å². The molecule has 0 unspecified atom stereocenters. The average molecular weight is 313 g/mol. The molecule has 0 atom stereocenters. The number of aromatic hydroxyl groups is 1. The molecule has 0 spiro atoms. The van der Waals surface area contributed by atoms with Crippen molar-refractivity contribution < 1.29 is 10.0 Å². The number of nitriles is 1. The van der Waals surface area contributed by atoms with E-state index in [-0.39, 0.29) is 22.5 Å². The maximum atomic E-state index is 12.1. The molecule has 0 radical (unpaired) electrons. The molecular formula is C14H11N5O4. The molecule has 0 bridgehead atoms. The Labute approximate surface area is 129 Å². The van der Waals surface area contributed by atoms with Gasteiger partial charge in [-0.3, -0.25) is 19.5 Å². The fraction of sp³-hybridized carbons (Fsp3) is 0.143. The van der Waals surface area contributed by atoms with Crippen molar-refractivity contribution in [2.45, 2.75) is 6.92 Å². The Morgan fingerprint density at radius 1 is 1.30 bits per heavy atom. The van der Waals surface area contributed by atoms with Gasteiger partial charge in [0.15, 0.2) is 5.69 Å². The van der Waals surface area contributed by atoms with Crippen molar-refractivity contribution >= 4 is 17.1 Å². The van der Waals surface area contributed by atoms with Gasteiger partial charge in [0.1, 0.15) is 11.6 Å². The van der Waals surface area contributed by atoms with Crippen LogP contribution in [-0.2, 0) is 7.05 Å². The number of hydrogen-bond acceptors (Lipinski definition) is 7. The average Bonchev–Trinajstić information content (AvgIpc) is 2.54. The van der Waals surface area contributed by atoms with Gasteiger partial charge in [-0.05, 0) is 19.1 Å². The lowest BCUT2D eigenvalue weighted by Crippen LogP contribution is -2.18. The zero-order valence-electron chi connectivity index (χ0n) is 12.2. The zero-order valence-corrected chi connectivity index (χ0v) is 12.2. The lowest BCUT2D eigenvalue weighted by atomic mass is 10.1. The largest absolute Gasteiger partial charge is 0.493 e. The van der Waals surface area contributed by atoms with Crippen molar-refractivity contribution in [3.05, 3.63) is 55.9 Å². The van der Waals surface area contributed by atoms with Crippen LogP contribution in [0.1, 0.15) is 11.1 Å². The lowest BCUT2D eigenvalue weighted by molar-refractivity contribution is -0.384. The molecule has 116 valence electrons. The second-order valence-corrected chi connectivity index (χ2v) is 4.62. The van der Waals surface area contributed by atoms with Crippen LogP contribution in [0.2, 0.25) is 0 Å². The van der Waals surface area contributed by atoms with Crippen molar-refractivity contribution in [3.8, 4) is 11.9 Å². The zero-order chi connectivity index (χ0) is 17.1. The summed E-state index contributed by atoms with van der Waals surface area (Å²) in [7, 11) is 1.31. The van der Waals surface area contributed by atoms with Gasteiger partial charge >= 0.3 is 0 Å². The third-order valence-corrected chi connectivity index (χ3v) is 3.22. The Morgan fingerprint density at radius 3 is 2.43 bits per heavy atom. The minimum Gasteiger partial charge on any atom is -0.493 e. The van der Waals surface area contributed by atoms with Crippen LogP contribution in [0.15, 0.2) is 39.3 Å². The summed E-state index contributed by atoms with van der Waals surface area (Å²) in [6.45, 7) is 1.48. The fourth-order valence-corrected chi connectivity index (χ4v) is 1.87. The Hall–Kier alpha value is -3.54. The van der Waals surface area contributed by atoms with Gasteiger partial charge in [-0.2, -0.15) is 10.4 Å². The summed E-state index contributed by atoms with van der Waals surface area (Å²) < 4.78 is 0.899. The minimum absolute atomic E-state index is 0.0650. The molecule has 1 heterocycles. The number of benzene rings is 1. The Kier molecular flexibility index (Phi) is 4.18. The van der Waals surface area contributed by atoms with Crippen LogP contribution in [0.3, 0.4) is 0 Å². The summed E-state index contributed by atoms with van der Waals surface area (Å²) in [4.78, 5) is 22.1. The predicted octanol–water partition coefficient (Wildman–Crippen LogP) is 2.59. The van der Waals surface area contributed by atoms with Crippen LogP contribution in [0.5, 0.6) is 5.88 Å². The summed E-state index contributed by atoms with van der Waals surface area (Å²) in [5, 5.41) is 37.0. The van der Waals surface area contributed by atoms with Gasteiger partial charge in [0, 0.05) is 24.7 Å². The lowest BCUT2D eigenvalue weighted by Gasteiger charge is -2.08. The minimum atomic E-state index is -0.607. The van der Waals surface area contributed by atoms with Crippen LogP contribution < -0.4 is 5.56 Å². The number of hydrogen-bond donors (Lipinski definition) is 1. The van der Waals surface area contributed by atoms with Crippen LogP contribution in [0.4, 0.5) is 17.1 Å². The highest BCUT2D eigenvalue weighted by molar-refractivity contribution is 5.56. The molecule has 0 saturated carbocycles. The van der Waals surface area contributed by atoms with Crippen molar-refractivity contribution in [2.75, 3.05) is 0 Å². The molecule has 0 aliphatic carbocycles. The van der Waals surface area contributed by atoms with Crippen molar-refractivity contribution in [1.82, 2.24) is 4.57 Å². The molecule has 0 aliphatic heterocycles. The molecule has 0 aliphatic rings. The molecule has 9 nitrogen and oxygen atoms in total. The van der Waals surface area contributed by atoms with Gasteiger partial charge in [0.05, 0.1) is 10.6 Å². The number of nitro benzene ring substituents is 1. The first-order chi connectivity index (χ1) is 10.9. The van der Waals surface area contributed by atoms with E-state index in [0.29, 0.717) is 5.69 Å². The first kappa shape index (κ1) is 15.8. The van der Waals surface area contributed by atoms with Gasteiger partial charge in [-0.1, -0.05) is 0 Å². The van der Waals surface area contributed by atoms with Crippen LogP contribution in [0.25, 0.3) is 0 Å². The number of pyridine rings is 1. The maximum absolute atomic E-state index is 12.1. The van der Waals surface area contributed by atoms with Crippen LogP contribution >= 0.6 is 0 Å². The molecule has 2 rings (SSSR count). The van der Waals surface area contributed by atoms with Gasteiger partial charge in [-0.15, -0.1) is 5.11 Å². The molecule has 0 fully saturated rings. The molecule has 1 aromatic carbocycles. The molecule has 23 heavy (non-hydrogen) atoms. The summed E-state index contributed by atoms with van der Waals surface area (Å²) >= 11 is 0. The molecular weight excluding hydrogens is 302 g/mol. The van der Waals surface area contributed by atoms with Gasteiger partial charge in [0.2, 0.25) is 5.88 Å². The van der Waals surface area contributed by atoms with Gasteiger partial charge in [-0.25, -0.2) is 0 Å². The molecule has 1 aromatic heterocycles. The van der Waals surface area contributed by atoms with Crippen molar-refractivity contribution in [2.24, 2.45) is 17.3 Å². The topological polar surface area (TPSA) is 134 Å². The van der Waals surface area contributed by atoms with Crippen LogP contribution in [0, 0.1) is 28.4 Å². The maximum Gasteiger partial charge on any atom is 0.281 e. The number of azo groups is 1. The second-order valence-electron chi connectivity index (χ2n) is 4.62. The smallest absolute Gasteiger partial charge is 0.281 e. The number of nitrogens with zero attached hydrogens (tertiary/aromatic N) is 5. The fourth-order valence-electron chi connectivity index (χ4n) is 1.87. The number of nitro groups is 1. The van der Waals surface area contributed by atoms with E-state index in [9.17, 15) is 20.0 Å². The molecule has 9 heteroatoms. The Morgan fingerprint density at radius 2 is 1.91 bits per heavy atom. The highest BCUT2D eigenvalue weighted by Gasteiger charge is 2.16. The summed E-state index contributed by atoms with van der Waals surface area (Å²) in [6, 6.07) is 7.09. The highest BCUT2D eigenvalue weighted by atomic mass is 16.6. The van der Waals surface area contributed by atoms with E-state index in [1.165, 1.54) is 38.2 Å². The number of aromatic nitrogens is 1. The van der Waals surface area contributed by atoms with E-state index in [2.05, 4.69) is 10.2 Å². The first-order valence-electron chi connectivity index (χ1n) is 6.35. The van der Waals surface area contributed by atoms with Gasteiger partial charge < -0.3 is 5.11 Å². The van der Waals surface area contributed by atoms with Gasteiger partial charge in [0.25, 0.3) is 11.2 Å². The third kappa shape index (κ3) is 2.91. The first-order valence-corrected chi connectivity index (χ1v) is 6.35. The summed E-state index contributed by atoms with van der Waals surface area (Å²) in [6.07, 6.45) is 0. The quantitative estimate of drug-likeness (QED) is 0.528. The molecule has 2 aromatic rings. The molecule has 0 saturated heterocycles. The SMILES string of the molecule is Cc1c(C#N)c(O)n(C)c(=O)c1N=Nc1ccc([N+](=O)[O-])cc1. The highest BCUT2D eigenvalue weighted by Crippen LogP contribution is 2.26. The second kappa shape index (κ2) is 6.07. The monoisotopic (exact) mass is 313 g/mol. The van der Waals surface area contributed by atoms with E-state index >= 15 is 0 Å². The summed E-state index contributed by atoms with van der Waals surface area (Å²) in [5.74, 6) is -0.440.